The average Bonchev–Trinajstić information content (AvgIpc) is 2.54. The fourth-order valence-corrected chi connectivity index (χ4v) is 3.08. The van der Waals surface area contributed by atoms with Crippen molar-refractivity contribution < 1.29 is 14.3 Å². The minimum atomic E-state index is -0.531. The standard InChI is InChI=1S/C16H22N2O3/c17-8-7-12-4-3-9-18(10-12)16(19)15-11-20-13-5-1-2-6-14(13)21-15/h1-2,5-6,12,15H,3-4,7-11,17H2. The summed E-state index contributed by atoms with van der Waals surface area (Å²) in [5, 5.41) is 0. The number of fused-ring (bicyclic) bond motifs is 1. The van der Waals surface area contributed by atoms with Gasteiger partial charge in [0.2, 0.25) is 6.10 Å². The SMILES string of the molecule is NCCC1CCCN(C(=O)C2COc3ccccc3O2)C1. The van der Waals surface area contributed by atoms with Crippen molar-refractivity contribution in [2.45, 2.75) is 25.4 Å². The van der Waals surface area contributed by atoms with Gasteiger partial charge in [-0.05, 0) is 43.9 Å². The molecule has 2 aliphatic heterocycles. The lowest BCUT2D eigenvalue weighted by molar-refractivity contribution is -0.143. The Labute approximate surface area is 125 Å². The zero-order chi connectivity index (χ0) is 14.7. The molecule has 0 aliphatic carbocycles. The fraction of sp³-hybridized carbons (Fsp3) is 0.562. The van der Waals surface area contributed by atoms with Gasteiger partial charge in [-0.2, -0.15) is 0 Å². The van der Waals surface area contributed by atoms with E-state index in [1.807, 2.05) is 29.2 Å². The van der Waals surface area contributed by atoms with Crippen molar-refractivity contribution in [3.8, 4) is 11.5 Å². The quantitative estimate of drug-likeness (QED) is 0.914. The van der Waals surface area contributed by atoms with E-state index in [0.29, 0.717) is 24.0 Å². The number of carbonyl (C=O) groups excluding carboxylic acids is 1. The van der Waals surface area contributed by atoms with E-state index in [0.717, 1.165) is 32.4 Å². The van der Waals surface area contributed by atoms with E-state index in [4.69, 9.17) is 15.2 Å². The number of benzene rings is 1. The molecule has 0 saturated carbocycles. The molecule has 2 aliphatic rings. The second-order valence-electron chi connectivity index (χ2n) is 5.73. The molecular formula is C16H22N2O3. The van der Waals surface area contributed by atoms with Gasteiger partial charge in [0.25, 0.3) is 5.91 Å². The minimum Gasteiger partial charge on any atom is -0.485 e. The molecule has 21 heavy (non-hydrogen) atoms. The third kappa shape index (κ3) is 3.13. The van der Waals surface area contributed by atoms with Crippen molar-refractivity contribution in [2.24, 2.45) is 11.7 Å². The average molecular weight is 290 g/mol. The Morgan fingerprint density at radius 2 is 2.14 bits per heavy atom. The van der Waals surface area contributed by atoms with E-state index < -0.39 is 6.10 Å². The third-order valence-corrected chi connectivity index (χ3v) is 4.19. The van der Waals surface area contributed by atoms with Gasteiger partial charge in [-0.3, -0.25) is 4.79 Å². The molecule has 3 rings (SSSR count). The molecule has 5 nitrogen and oxygen atoms in total. The van der Waals surface area contributed by atoms with Crippen LogP contribution < -0.4 is 15.2 Å². The molecule has 1 fully saturated rings. The Kier molecular flexibility index (Phi) is 4.29. The summed E-state index contributed by atoms with van der Waals surface area (Å²) in [6, 6.07) is 7.47. The number of rotatable bonds is 3. The number of hydrogen-bond acceptors (Lipinski definition) is 4. The number of piperidine rings is 1. The highest BCUT2D eigenvalue weighted by molar-refractivity contribution is 5.82. The van der Waals surface area contributed by atoms with Crippen LogP contribution in [-0.4, -0.2) is 43.2 Å². The number of likely N-dealkylation sites (tertiary alicyclic amines) is 1. The molecule has 2 N–H and O–H groups in total. The van der Waals surface area contributed by atoms with Gasteiger partial charge in [-0.25, -0.2) is 0 Å². The summed E-state index contributed by atoms with van der Waals surface area (Å²) in [6.45, 7) is 2.57. The van der Waals surface area contributed by atoms with Gasteiger partial charge in [0.1, 0.15) is 6.61 Å². The maximum Gasteiger partial charge on any atom is 0.267 e. The first-order chi connectivity index (χ1) is 10.3. The van der Waals surface area contributed by atoms with Crippen LogP contribution in [0.5, 0.6) is 11.5 Å². The minimum absolute atomic E-state index is 0.0335. The number of ether oxygens (including phenoxy) is 2. The summed E-state index contributed by atoms with van der Waals surface area (Å²) in [5.74, 6) is 1.91. The molecule has 1 aromatic rings. The van der Waals surface area contributed by atoms with Crippen molar-refractivity contribution in [1.82, 2.24) is 4.90 Å². The highest BCUT2D eigenvalue weighted by Gasteiger charge is 2.33. The topological polar surface area (TPSA) is 64.8 Å². The van der Waals surface area contributed by atoms with Gasteiger partial charge in [0, 0.05) is 13.1 Å². The van der Waals surface area contributed by atoms with Crippen LogP contribution in [0.4, 0.5) is 0 Å². The first-order valence-electron chi connectivity index (χ1n) is 7.65. The summed E-state index contributed by atoms with van der Waals surface area (Å²) in [5.41, 5.74) is 5.63. The Morgan fingerprint density at radius 1 is 1.33 bits per heavy atom. The van der Waals surface area contributed by atoms with E-state index in [-0.39, 0.29) is 12.5 Å². The molecule has 114 valence electrons. The number of nitrogens with two attached hydrogens (primary N) is 1. The molecule has 0 spiro atoms. The van der Waals surface area contributed by atoms with Gasteiger partial charge in [-0.15, -0.1) is 0 Å². The number of para-hydroxylation sites is 2. The molecule has 0 radical (unpaired) electrons. The molecule has 5 heteroatoms. The van der Waals surface area contributed by atoms with E-state index in [1.54, 1.807) is 0 Å². The second kappa shape index (κ2) is 6.35. The maximum atomic E-state index is 12.6. The lowest BCUT2D eigenvalue weighted by Crippen LogP contribution is -2.49. The largest absolute Gasteiger partial charge is 0.485 e. The van der Waals surface area contributed by atoms with Crippen LogP contribution in [0.15, 0.2) is 24.3 Å². The highest BCUT2D eigenvalue weighted by Crippen LogP contribution is 2.31. The van der Waals surface area contributed by atoms with Gasteiger partial charge in [0.05, 0.1) is 0 Å². The van der Waals surface area contributed by atoms with Crippen molar-refractivity contribution >= 4 is 5.91 Å². The third-order valence-electron chi connectivity index (χ3n) is 4.19. The molecule has 1 saturated heterocycles. The van der Waals surface area contributed by atoms with Crippen molar-refractivity contribution in [3.05, 3.63) is 24.3 Å². The molecule has 1 aromatic carbocycles. The second-order valence-corrected chi connectivity index (χ2v) is 5.73. The van der Waals surface area contributed by atoms with E-state index in [1.165, 1.54) is 0 Å². The zero-order valence-electron chi connectivity index (χ0n) is 12.2. The Bertz CT molecular complexity index is 504. The number of carbonyl (C=O) groups is 1. The summed E-state index contributed by atoms with van der Waals surface area (Å²) in [4.78, 5) is 14.5. The monoisotopic (exact) mass is 290 g/mol. The van der Waals surface area contributed by atoms with Crippen molar-refractivity contribution in [1.29, 1.82) is 0 Å². The number of amides is 1. The molecule has 0 aromatic heterocycles. The van der Waals surface area contributed by atoms with Crippen LogP contribution in [0.25, 0.3) is 0 Å². The van der Waals surface area contributed by atoms with Gasteiger partial charge >= 0.3 is 0 Å². The normalized spacial score (nSPS) is 24.7. The smallest absolute Gasteiger partial charge is 0.267 e. The summed E-state index contributed by atoms with van der Waals surface area (Å²) < 4.78 is 11.4. The van der Waals surface area contributed by atoms with Crippen molar-refractivity contribution in [2.75, 3.05) is 26.2 Å². The molecule has 2 atom stereocenters. The molecule has 0 bridgehead atoms. The van der Waals surface area contributed by atoms with Gasteiger partial charge in [0.15, 0.2) is 11.5 Å². The number of hydrogen-bond donors (Lipinski definition) is 1. The van der Waals surface area contributed by atoms with Gasteiger partial charge < -0.3 is 20.1 Å². The van der Waals surface area contributed by atoms with Crippen molar-refractivity contribution in [3.63, 3.8) is 0 Å². The Hall–Kier alpha value is -1.75. The molecular weight excluding hydrogens is 268 g/mol. The molecule has 2 unspecified atom stereocenters. The van der Waals surface area contributed by atoms with Crippen LogP contribution in [0.3, 0.4) is 0 Å². The lowest BCUT2D eigenvalue weighted by Gasteiger charge is -2.36. The number of nitrogens with zero attached hydrogens (tertiary/aromatic N) is 1. The van der Waals surface area contributed by atoms with E-state index >= 15 is 0 Å². The van der Waals surface area contributed by atoms with Crippen LogP contribution in [0.1, 0.15) is 19.3 Å². The van der Waals surface area contributed by atoms with Crippen LogP contribution in [0, 0.1) is 5.92 Å². The zero-order valence-corrected chi connectivity index (χ0v) is 12.2. The van der Waals surface area contributed by atoms with Crippen LogP contribution in [-0.2, 0) is 4.79 Å². The fourth-order valence-electron chi connectivity index (χ4n) is 3.08. The van der Waals surface area contributed by atoms with Crippen LogP contribution >= 0.6 is 0 Å². The molecule has 2 heterocycles. The van der Waals surface area contributed by atoms with E-state index in [2.05, 4.69) is 0 Å². The summed E-state index contributed by atoms with van der Waals surface area (Å²) in [7, 11) is 0. The first kappa shape index (κ1) is 14.2. The summed E-state index contributed by atoms with van der Waals surface area (Å²) in [6.07, 6.45) is 2.65. The maximum absolute atomic E-state index is 12.6. The first-order valence-corrected chi connectivity index (χ1v) is 7.65. The summed E-state index contributed by atoms with van der Waals surface area (Å²) >= 11 is 0. The Balaban J connectivity index is 1.63. The Morgan fingerprint density at radius 3 is 2.95 bits per heavy atom. The predicted octanol–water partition coefficient (Wildman–Crippen LogP) is 1.41. The van der Waals surface area contributed by atoms with Crippen LogP contribution in [0.2, 0.25) is 0 Å². The molecule has 1 amide bonds. The van der Waals surface area contributed by atoms with E-state index in [9.17, 15) is 4.79 Å². The van der Waals surface area contributed by atoms with Gasteiger partial charge in [-0.1, -0.05) is 12.1 Å². The lowest BCUT2D eigenvalue weighted by atomic mass is 9.94. The predicted molar refractivity (Wildman–Crippen MR) is 79.3 cm³/mol. The highest BCUT2D eigenvalue weighted by atomic mass is 16.6.